The van der Waals surface area contributed by atoms with Crippen LogP contribution < -0.4 is 4.74 Å². The smallest absolute Gasteiger partial charge is 0.229 e. The van der Waals surface area contributed by atoms with E-state index in [0.717, 1.165) is 75.3 Å². The Hall–Kier alpha value is -3.01. The van der Waals surface area contributed by atoms with Gasteiger partial charge in [-0.25, -0.2) is 0 Å². The lowest BCUT2D eigenvalue weighted by Gasteiger charge is -2.28. The van der Waals surface area contributed by atoms with E-state index in [1.54, 1.807) is 7.11 Å². The zero-order chi connectivity index (χ0) is 26.8. The summed E-state index contributed by atoms with van der Waals surface area (Å²) >= 11 is 0. The summed E-state index contributed by atoms with van der Waals surface area (Å²) < 4.78 is 5.68. The van der Waals surface area contributed by atoms with E-state index < -0.39 is 0 Å². The van der Waals surface area contributed by atoms with Crippen molar-refractivity contribution in [3.8, 4) is 5.75 Å². The van der Waals surface area contributed by atoms with Crippen LogP contribution >= 0.6 is 0 Å². The molecular formula is C34H40O4. The number of aryl methyl sites for hydroxylation is 1. The Morgan fingerprint density at radius 3 is 2.21 bits per heavy atom. The molecule has 2 aromatic carbocycles. The van der Waals surface area contributed by atoms with Gasteiger partial charge in [0.05, 0.1) is 12.7 Å². The summed E-state index contributed by atoms with van der Waals surface area (Å²) in [5, 5.41) is 0. The second kappa shape index (κ2) is 11.4. The normalized spacial score (nSPS) is 23.4. The molecule has 2 aromatic rings. The van der Waals surface area contributed by atoms with Crippen molar-refractivity contribution in [2.45, 2.75) is 84.0 Å². The number of hydrogen-bond acceptors (Lipinski definition) is 4. The molecule has 0 aromatic heterocycles. The zero-order valence-electron chi connectivity index (χ0n) is 23.1. The van der Waals surface area contributed by atoms with Crippen LogP contribution in [0.4, 0.5) is 0 Å². The fourth-order valence-corrected chi connectivity index (χ4v) is 6.78. The molecular weight excluding hydrogens is 472 g/mol. The number of methoxy groups -OCH3 is 1. The van der Waals surface area contributed by atoms with Crippen LogP contribution in [-0.4, -0.2) is 24.5 Å². The minimum Gasteiger partial charge on any atom is -0.496 e. The van der Waals surface area contributed by atoms with Gasteiger partial charge >= 0.3 is 0 Å². The monoisotopic (exact) mass is 512 g/mol. The maximum absolute atomic E-state index is 13.8. The van der Waals surface area contributed by atoms with E-state index >= 15 is 0 Å². The molecule has 0 bridgehead atoms. The highest BCUT2D eigenvalue weighted by atomic mass is 16.5. The molecule has 1 unspecified atom stereocenters. The average Bonchev–Trinajstić information content (AvgIpc) is 3.28. The van der Waals surface area contributed by atoms with Crippen LogP contribution in [0.1, 0.15) is 103 Å². The highest BCUT2D eigenvalue weighted by Gasteiger charge is 2.35. The second-order valence-electron chi connectivity index (χ2n) is 11.8. The van der Waals surface area contributed by atoms with E-state index in [2.05, 4.69) is 31.2 Å². The van der Waals surface area contributed by atoms with E-state index in [0.29, 0.717) is 22.8 Å². The lowest BCUT2D eigenvalue weighted by Crippen LogP contribution is -2.26. The molecule has 0 aliphatic heterocycles. The van der Waals surface area contributed by atoms with Crippen molar-refractivity contribution in [3.63, 3.8) is 0 Å². The van der Waals surface area contributed by atoms with Crippen molar-refractivity contribution >= 4 is 22.9 Å². The van der Waals surface area contributed by atoms with Gasteiger partial charge in [0.25, 0.3) is 0 Å². The molecule has 3 aliphatic carbocycles. The summed E-state index contributed by atoms with van der Waals surface area (Å²) in [6.07, 6.45) is 11.5. The Kier molecular flexibility index (Phi) is 7.97. The van der Waals surface area contributed by atoms with E-state index in [1.165, 1.54) is 11.1 Å². The van der Waals surface area contributed by atoms with Crippen LogP contribution in [0.25, 0.3) is 5.57 Å². The number of carbonyl (C=O) groups excluding carboxylic acids is 3. The quantitative estimate of drug-likeness (QED) is 0.272. The van der Waals surface area contributed by atoms with E-state index in [9.17, 15) is 14.4 Å². The highest BCUT2D eigenvalue weighted by molar-refractivity contribution is 6.55. The molecule has 4 heteroatoms. The number of rotatable bonds is 8. The van der Waals surface area contributed by atoms with Crippen LogP contribution in [-0.2, 0) is 16.0 Å². The lowest BCUT2D eigenvalue weighted by atomic mass is 9.76. The van der Waals surface area contributed by atoms with Crippen molar-refractivity contribution in [2.24, 2.45) is 17.8 Å². The maximum atomic E-state index is 13.8. The van der Waals surface area contributed by atoms with Gasteiger partial charge in [0.1, 0.15) is 5.75 Å². The molecule has 200 valence electrons. The number of ether oxygens (including phenoxy) is 1. The molecule has 0 amide bonds. The average molecular weight is 513 g/mol. The molecule has 2 fully saturated rings. The molecule has 3 aliphatic rings. The Labute approximate surface area is 226 Å². The number of Topliss-reactive ketones (excluding diaryl/α,β-unsaturated/α-hetero) is 3. The van der Waals surface area contributed by atoms with Gasteiger partial charge in [-0.15, -0.1) is 0 Å². The van der Waals surface area contributed by atoms with Crippen molar-refractivity contribution in [1.82, 2.24) is 0 Å². The predicted octanol–water partition coefficient (Wildman–Crippen LogP) is 7.45. The Morgan fingerprint density at radius 2 is 1.55 bits per heavy atom. The van der Waals surface area contributed by atoms with Gasteiger partial charge < -0.3 is 4.74 Å². The van der Waals surface area contributed by atoms with Gasteiger partial charge in [-0.05, 0) is 86.6 Å². The van der Waals surface area contributed by atoms with Crippen molar-refractivity contribution in [3.05, 3.63) is 70.3 Å². The first-order chi connectivity index (χ1) is 18.4. The number of hydrogen-bond donors (Lipinski definition) is 0. The number of allylic oxidation sites excluding steroid dienone is 2. The van der Waals surface area contributed by atoms with Crippen LogP contribution in [0.5, 0.6) is 5.75 Å². The summed E-state index contributed by atoms with van der Waals surface area (Å²) in [5.74, 6) is 0.426. The molecule has 0 N–H and O–H groups in total. The third-order valence-electron chi connectivity index (χ3n) is 9.14. The van der Waals surface area contributed by atoms with E-state index in [-0.39, 0.29) is 35.1 Å². The number of fused-ring (bicyclic) bond motifs is 1. The first-order valence-electron chi connectivity index (χ1n) is 14.5. The van der Waals surface area contributed by atoms with Crippen LogP contribution in [0.3, 0.4) is 0 Å². The lowest BCUT2D eigenvalue weighted by molar-refractivity contribution is -0.136. The van der Waals surface area contributed by atoms with Gasteiger partial charge in [-0.3, -0.25) is 14.4 Å². The molecule has 38 heavy (non-hydrogen) atoms. The predicted molar refractivity (Wildman–Crippen MR) is 151 cm³/mol. The van der Waals surface area contributed by atoms with Gasteiger partial charge in [-0.1, -0.05) is 62.1 Å². The van der Waals surface area contributed by atoms with Crippen molar-refractivity contribution in [2.75, 3.05) is 7.11 Å². The highest BCUT2D eigenvalue weighted by Crippen LogP contribution is 2.42. The Bertz CT molecular complexity index is 1240. The van der Waals surface area contributed by atoms with Crippen molar-refractivity contribution < 1.29 is 19.1 Å². The molecule has 4 nitrogen and oxygen atoms in total. The fourth-order valence-electron chi connectivity index (χ4n) is 6.78. The Balaban J connectivity index is 1.32. The molecule has 1 atom stereocenters. The molecule has 0 radical (unpaired) electrons. The third-order valence-corrected chi connectivity index (χ3v) is 9.14. The molecule has 0 heterocycles. The van der Waals surface area contributed by atoms with E-state index in [1.807, 2.05) is 25.1 Å². The molecule has 0 spiro atoms. The van der Waals surface area contributed by atoms with Crippen molar-refractivity contribution in [1.29, 1.82) is 0 Å². The minimum atomic E-state index is -0.386. The minimum absolute atomic E-state index is 0.00151. The van der Waals surface area contributed by atoms with Gasteiger partial charge in [0, 0.05) is 23.3 Å². The third kappa shape index (κ3) is 5.41. The summed E-state index contributed by atoms with van der Waals surface area (Å²) in [4.78, 5) is 40.2. The molecule has 0 saturated heterocycles. The van der Waals surface area contributed by atoms with Gasteiger partial charge in [-0.2, -0.15) is 0 Å². The largest absolute Gasteiger partial charge is 0.496 e. The first-order valence-corrected chi connectivity index (χ1v) is 14.5. The summed E-state index contributed by atoms with van der Waals surface area (Å²) in [6.45, 7) is 4.14. The van der Waals surface area contributed by atoms with Gasteiger partial charge in [0.2, 0.25) is 11.6 Å². The molecule has 5 rings (SSSR count). The summed E-state index contributed by atoms with van der Waals surface area (Å²) in [6, 6.07) is 12.5. The SMILES string of the molecule is COc1cc2c(cc1C(=O)C1CCC(Cc3ccc(C)cc3)CC1)C(C(=O)C(=O)C1CCCCC1)=CC2C. The Morgan fingerprint density at radius 1 is 0.868 bits per heavy atom. The number of ketones is 3. The molecule has 2 saturated carbocycles. The standard InChI is InChI=1S/C34H40O4/c1-21-9-11-23(12-10-21)18-24-13-15-26(16-14-24)32(35)30-19-28-27(20-31(30)38-3)22(2)17-29(28)34(37)33(36)25-7-5-4-6-8-25/h9-12,17,19-20,22,24-26H,4-8,13-16,18H2,1-3H3. The van der Waals surface area contributed by atoms with Crippen LogP contribution in [0.2, 0.25) is 0 Å². The van der Waals surface area contributed by atoms with Crippen LogP contribution in [0, 0.1) is 24.7 Å². The fraction of sp³-hybridized carbons (Fsp3) is 0.500. The first kappa shape index (κ1) is 26.6. The number of benzene rings is 2. The summed E-state index contributed by atoms with van der Waals surface area (Å²) in [7, 11) is 1.60. The number of carbonyl (C=O) groups is 3. The second-order valence-corrected chi connectivity index (χ2v) is 11.8. The summed E-state index contributed by atoms with van der Waals surface area (Å²) in [5.41, 5.74) is 5.36. The van der Waals surface area contributed by atoms with Crippen LogP contribution in [0.15, 0.2) is 42.5 Å². The maximum Gasteiger partial charge on any atom is 0.229 e. The zero-order valence-corrected chi connectivity index (χ0v) is 23.1. The topological polar surface area (TPSA) is 60.4 Å². The van der Waals surface area contributed by atoms with Gasteiger partial charge in [0.15, 0.2) is 5.78 Å². The van der Waals surface area contributed by atoms with E-state index in [4.69, 9.17) is 4.74 Å².